The van der Waals surface area contributed by atoms with Gasteiger partial charge >= 0.3 is 0 Å². The van der Waals surface area contributed by atoms with E-state index in [-0.39, 0.29) is 11.7 Å². The molecule has 4 nitrogen and oxygen atoms in total. The second-order valence-electron chi connectivity index (χ2n) is 4.68. The van der Waals surface area contributed by atoms with Gasteiger partial charge in [-0.3, -0.25) is 4.79 Å². The number of anilines is 1. The molecule has 1 aromatic heterocycles. The Morgan fingerprint density at radius 1 is 1.33 bits per heavy atom. The fraction of sp³-hybridized carbons (Fsp3) is 0.250. The van der Waals surface area contributed by atoms with Gasteiger partial charge in [0.2, 0.25) is 5.91 Å². The first kappa shape index (κ1) is 15.0. The molecule has 1 amide bonds. The van der Waals surface area contributed by atoms with Crippen molar-refractivity contribution in [3.05, 3.63) is 54.0 Å². The average molecular weight is 288 g/mol. The maximum atomic E-state index is 12.9. The van der Waals surface area contributed by atoms with Gasteiger partial charge in [0.15, 0.2) is 0 Å². The monoisotopic (exact) mass is 288 g/mol. The summed E-state index contributed by atoms with van der Waals surface area (Å²) in [6.07, 6.45) is 2.52. The summed E-state index contributed by atoms with van der Waals surface area (Å²) >= 11 is 0. The van der Waals surface area contributed by atoms with Crippen LogP contribution in [-0.2, 0) is 4.79 Å². The molecule has 0 aliphatic heterocycles. The topological polar surface area (TPSA) is 51.2 Å². The van der Waals surface area contributed by atoms with Crippen molar-refractivity contribution in [3.63, 3.8) is 0 Å². The van der Waals surface area contributed by atoms with E-state index in [0.717, 1.165) is 5.56 Å². The molecule has 0 aliphatic rings. The van der Waals surface area contributed by atoms with Crippen LogP contribution in [0.25, 0.3) is 0 Å². The van der Waals surface area contributed by atoms with Crippen LogP contribution in [0.3, 0.4) is 0 Å². The lowest BCUT2D eigenvalue weighted by Gasteiger charge is -2.07. The van der Waals surface area contributed by atoms with Crippen LogP contribution in [-0.4, -0.2) is 17.5 Å². The third-order valence-electron chi connectivity index (χ3n) is 2.80. The Labute approximate surface area is 123 Å². The van der Waals surface area contributed by atoms with Gasteiger partial charge < -0.3 is 10.1 Å². The Hall–Kier alpha value is -2.43. The maximum Gasteiger partial charge on any atom is 0.225 e. The summed E-state index contributed by atoms with van der Waals surface area (Å²) < 4.78 is 18.3. The number of halogens is 1. The van der Waals surface area contributed by atoms with Crippen molar-refractivity contribution in [1.29, 1.82) is 0 Å². The number of ether oxygens (including phenoxy) is 1. The summed E-state index contributed by atoms with van der Waals surface area (Å²) in [6.45, 7) is 2.29. The van der Waals surface area contributed by atoms with E-state index in [1.165, 1.54) is 12.1 Å². The number of pyridine rings is 1. The van der Waals surface area contributed by atoms with Gasteiger partial charge in [0.05, 0.1) is 6.61 Å². The van der Waals surface area contributed by atoms with Crippen LogP contribution >= 0.6 is 0 Å². The molecule has 1 aromatic carbocycles. The van der Waals surface area contributed by atoms with Gasteiger partial charge in [-0.25, -0.2) is 9.37 Å². The summed E-state index contributed by atoms with van der Waals surface area (Å²) in [6, 6.07) is 9.61. The largest absolute Gasteiger partial charge is 0.493 e. The number of rotatable bonds is 6. The molecule has 0 atom stereocenters. The number of nitrogens with one attached hydrogen (secondary N) is 1. The van der Waals surface area contributed by atoms with Crippen LogP contribution in [0.15, 0.2) is 42.6 Å². The predicted octanol–water partition coefficient (Wildman–Crippen LogP) is 3.33. The van der Waals surface area contributed by atoms with E-state index in [1.54, 1.807) is 24.4 Å². The molecular weight excluding hydrogens is 271 g/mol. The molecule has 0 aliphatic carbocycles. The number of carbonyl (C=O) groups is 1. The first-order valence-corrected chi connectivity index (χ1v) is 6.74. The molecule has 1 heterocycles. The van der Waals surface area contributed by atoms with Gasteiger partial charge in [-0.1, -0.05) is 6.07 Å². The number of carbonyl (C=O) groups excluding carboxylic acids is 1. The highest BCUT2D eigenvalue weighted by molar-refractivity contribution is 5.89. The molecule has 0 radical (unpaired) electrons. The summed E-state index contributed by atoms with van der Waals surface area (Å²) in [5.74, 6) is 0.563. The van der Waals surface area contributed by atoms with E-state index >= 15 is 0 Å². The minimum atomic E-state index is -0.337. The van der Waals surface area contributed by atoms with Gasteiger partial charge in [-0.2, -0.15) is 0 Å². The van der Waals surface area contributed by atoms with E-state index in [1.807, 2.05) is 13.0 Å². The molecule has 0 saturated carbocycles. The molecule has 21 heavy (non-hydrogen) atoms. The molecule has 0 saturated heterocycles. The number of aromatic nitrogens is 1. The van der Waals surface area contributed by atoms with Crippen molar-refractivity contribution in [2.24, 2.45) is 0 Å². The van der Waals surface area contributed by atoms with E-state index in [2.05, 4.69) is 10.3 Å². The summed E-state index contributed by atoms with van der Waals surface area (Å²) in [5.41, 5.74) is 1.04. The molecule has 0 unspecified atom stereocenters. The molecule has 1 N–H and O–H groups in total. The fourth-order valence-electron chi connectivity index (χ4n) is 1.79. The second-order valence-corrected chi connectivity index (χ2v) is 4.68. The van der Waals surface area contributed by atoms with Crippen LogP contribution in [0.1, 0.15) is 18.4 Å². The number of hydrogen-bond acceptors (Lipinski definition) is 3. The lowest BCUT2D eigenvalue weighted by Crippen LogP contribution is -2.13. The first-order chi connectivity index (χ1) is 10.1. The molecule has 2 rings (SSSR count). The minimum absolute atomic E-state index is 0.115. The lowest BCUT2D eigenvalue weighted by molar-refractivity contribution is -0.116. The van der Waals surface area contributed by atoms with Gasteiger partial charge in [0.1, 0.15) is 17.4 Å². The molecule has 2 aromatic rings. The van der Waals surface area contributed by atoms with Crippen molar-refractivity contribution in [3.8, 4) is 5.75 Å². The number of amides is 1. The number of nitrogens with zero attached hydrogens (tertiary/aromatic N) is 1. The number of aryl methyl sites for hydroxylation is 1. The van der Waals surface area contributed by atoms with Crippen molar-refractivity contribution in [1.82, 2.24) is 4.98 Å². The molecule has 110 valence electrons. The average Bonchev–Trinajstić information content (AvgIpc) is 2.44. The van der Waals surface area contributed by atoms with Crippen LogP contribution in [0.5, 0.6) is 5.75 Å². The molecule has 5 heteroatoms. The lowest BCUT2D eigenvalue weighted by atomic mass is 10.3. The van der Waals surface area contributed by atoms with E-state index in [4.69, 9.17) is 4.74 Å². The third kappa shape index (κ3) is 5.22. The van der Waals surface area contributed by atoms with Gasteiger partial charge in [-0.05, 0) is 43.2 Å². The van der Waals surface area contributed by atoms with Gasteiger partial charge in [-0.15, -0.1) is 0 Å². The molecule has 0 spiro atoms. The summed E-state index contributed by atoms with van der Waals surface area (Å²) in [4.78, 5) is 15.8. The smallest absolute Gasteiger partial charge is 0.225 e. The zero-order valence-corrected chi connectivity index (χ0v) is 11.8. The van der Waals surface area contributed by atoms with Crippen LogP contribution in [0, 0.1) is 12.7 Å². The maximum absolute atomic E-state index is 12.9. The van der Waals surface area contributed by atoms with Crippen molar-refractivity contribution in [2.45, 2.75) is 19.8 Å². The minimum Gasteiger partial charge on any atom is -0.493 e. The zero-order chi connectivity index (χ0) is 15.1. The van der Waals surface area contributed by atoms with Crippen LogP contribution in [0.4, 0.5) is 10.2 Å². The highest BCUT2D eigenvalue weighted by Gasteiger charge is 2.04. The van der Waals surface area contributed by atoms with E-state index in [9.17, 15) is 9.18 Å². The van der Waals surface area contributed by atoms with E-state index in [0.29, 0.717) is 31.0 Å². The Balaban J connectivity index is 1.70. The van der Waals surface area contributed by atoms with E-state index < -0.39 is 0 Å². The Kier molecular flexibility index (Phi) is 5.26. The van der Waals surface area contributed by atoms with Crippen molar-refractivity contribution >= 4 is 11.7 Å². The summed E-state index contributed by atoms with van der Waals surface area (Å²) in [5, 5.41) is 2.72. The van der Waals surface area contributed by atoms with Crippen molar-refractivity contribution < 1.29 is 13.9 Å². The normalized spacial score (nSPS) is 10.2. The quantitative estimate of drug-likeness (QED) is 0.829. The molecule has 0 bridgehead atoms. The van der Waals surface area contributed by atoms with Crippen LogP contribution in [0.2, 0.25) is 0 Å². The Bertz CT molecular complexity index is 617. The van der Waals surface area contributed by atoms with Gasteiger partial charge in [0, 0.05) is 18.7 Å². The standard InChI is InChI=1S/C16H17FN2O2/c1-12-7-8-18-15(10-12)19-16(20)6-3-9-21-14-5-2-4-13(17)11-14/h2,4-5,7-8,10-11H,3,6,9H2,1H3,(H,18,19,20). The molecular formula is C16H17FN2O2. The fourth-order valence-corrected chi connectivity index (χ4v) is 1.79. The first-order valence-electron chi connectivity index (χ1n) is 6.74. The summed E-state index contributed by atoms with van der Waals surface area (Å²) in [7, 11) is 0. The SMILES string of the molecule is Cc1ccnc(NC(=O)CCCOc2cccc(F)c2)c1. The number of benzene rings is 1. The Morgan fingerprint density at radius 2 is 2.19 bits per heavy atom. The highest BCUT2D eigenvalue weighted by atomic mass is 19.1. The predicted molar refractivity (Wildman–Crippen MR) is 78.7 cm³/mol. The van der Waals surface area contributed by atoms with Gasteiger partial charge in [0.25, 0.3) is 0 Å². The highest BCUT2D eigenvalue weighted by Crippen LogP contribution is 2.12. The third-order valence-corrected chi connectivity index (χ3v) is 2.80. The Morgan fingerprint density at radius 3 is 2.95 bits per heavy atom. The number of hydrogen-bond donors (Lipinski definition) is 1. The second kappa shape index (κ2) is 7.38. The molecule has 0 fully saturated rings. The zero-order valence-electron chi connectivity index (χ0n) is 11.8. The van der Waals surface area contributed by atoms with Crippen LogP contribution < -0.4 is 10.1 Å². The van der Waals surface area contributed by atoms with Crippen molar-refractivity contribution in [2.75, 3.05) is 11.9 Å².